The van der Waals surface area contributed by atoms with Crippen molar-refractivity contribution in [2.24, 2.45) is 11.3 Å². The Balaban J connectivity index is 1.48. The lowest BCUT2D eigenvalue weighted by Gasteiger charge is -2.33. The maximum absolute atomic E-state index is 12.4. The number of amides is 1. The number of nitrogens with zero attached hydrogens (tertiary/aromatic N) is 3. The Labute approximate surface area is 145 Å². The molecule has 1 unspecified atom stereocenters. The fourth-order valence-corrected chi connectivity index (χ4v) is 4.44. The van der Waals surface area contributed by atoms with Crippen molar-refractivity contribution in [3.63, 3.8) is 0 Å². The highest BCUT2D eigenvalue weighted by Gasteiger charge is 2.31. The maximum Gasteiger partial charge on any atom is 0.278 e. The average Bonchev–Trinajstić information content (AvgIpc) is 3.18. The van der Waals surface area contributed by atoms with E-state index >= 15 is 0 Å². The van der Waals surface area contributed by atoms with Crippen molar-refractivity contribution < 1.29 is 9.53 Å². The largest absolute Gasteiger partial charge is 0.476 e. The lowest BCUT2D eigenvalue weighted by molar-refractivity contribution is 0.102. The summed E-state index contributed by atoms with van der Waals surface area (Å²) in [5, 5.41) is 7.84. The molecule has 24 heavy (non-hydrogen) atoms. The Morgan fingerprint density at radius 1 is 1.46 bits per heavy atom. The van der Waals surface area contributed by atoms with E-state index in [2.05, 4.69) is 36.2 Å². The molecule has 0 radical (unpaired) electrons. The van der Waals surface area contributed by atoms with Gasteiger partial charge in [-0.1, -0.05) is 20.8 Å². The number of hydrogen-bond donors (Lipinski definition) is 1. The summed E-state index contributed by atoms with van der Waals surface area (Å²) in [5.74, 6) is 1.10. The van der Waals surface area contributed by atoms with Gasteiger partial charge >= 0.3 is 0 Å². The Bertz CT molecular complexity index is 766. The number of hydrogen-bond acceptors (Lipinski definition) is 5. The molecule has 0 spiro atoms. The van der Waals surface area contributed by atoms with Gasteiger partial charge < -0.3 is 4.74 Å². The number of fused-ring (bicyclic) bond motifs is 2. The molecule has 1 N–H and O–H groups in total. The van der Waals surface area contributed by atoms with Gasteiger partial charge in [0.1, 0.15) is 6.61 Å². The molecule has 0 saturated carbocycles. The minimum absolute atomic E-state index is 0.223. The van der Waals surface area contributed by atoms with Crippen molar-refractivity contribution in [3.8, 4) is 5.88 Å². The van der Waals surface area contributed by atoms with Gasteiger partial charge in [0.2, 0.25) is 5.88 Å². The first kappa shape index (κ1) is 15.6. The summed E-state index contributed by atoms with van der Waals surface area (Å²) >= 11 is 1.60. The van der Waals surface area contributed by atoms with Crippen LogP contribution in [0.15, 0.2) is 6.07 Å². The van der Waals surface area contributed by atoms with Gasteiger partial charge in [0.05, 0.1) is 12.2 Å². The van der Waals surface area contributed by atoms with Crippen LogP contribution in [-0.2, 0) is 19.4 Å². The van der Waals surface area contributed by atoms with Crippen LogP contribution in [0.5, 0.6) is 5.88 Å². The highest BCUT2D eigenvalue weighted by atomic mass is 32.1. The van der Waals surface area contributed by atoms with Crippen molar-refractivity contribution in [2.45, 2.75) is 46.6 Å². The van der Waals surface area contributed by atoms with Crippen LogP contribution in [0.2, 0.25) is 0 Å². The number of carbonyl (C=O) groups is 1. The average molecular weight is 346 g/mol. The first-order chi connectivity index (χ1) is 11.4. The van der Waals surface area contributed by atoms with E-state index in [1.807, 2.05) is 0 Å². The lowest BCUT2D eigenvalue weighted by Crippen LogP contribution is -2.26. The van der Waals surface area contributed by atoms with Crippen LogP contribution >= 0.6 is 11.3 Å². The number of carbonyl (C=O) groups excluding carboxylic acids is 1. The number of nitrogens with one attached hydrogen (secondary N) is 1. The predicted octanol–water partition coefficient (Wildman–Crippen LogP) is 3.14. The molecule has 2 aliphatic rings. The standard InChI is InChI=1S/C17H22N4O2S/c1-17(2,3)10-4-5-11-13(8-10)24-16(18-11)19-15(22)12-9-14-21(20-12)6-7-23-14/h9-10H,4-8H2,1-3H3,(H,18,19,22). The minimum atomic E-state index is -0.223. The molecular weight excluding hydrogens is 324 g/mol. The smallest absolute Gasteiger partial charge is 0.278 e. The van der Waals surface area contributed by atoms with Gasteiger partial charge in [0.25, 0.3) is 5.91 Å². The Hall–Kier alpha value is -1.89. The van der Waals surface area contributed by atoms with Crippen LogP contribution in [0.4, 0.5) is 5.13 Å². The highest BCUT2D eigenvalue weighted by Crippen LogP contribution is 2.40. The molecule has 3 heterocycles. The van der Waals surface area contributed by atoms with Gasteiger partial charge in [-0.25, -0.2) is 9.67 Å². The monoisotopic (exact) mass is 346 g/mol. The normalized spacial score (nSPS) is 19.5. The van der Waals surface area contributed by atoms with E-state index in [9.17, 15) is 4.79 Å². The molecular formula is C17H22N4O2S. The van der Waals surface area contributed by atoms with E-state index in [0.717, 1.165) is 18.5 Å². The van der Waals surface area contributed by atoms with Crippen LogP contribution in [-0.4, -0.2) is 27.3 Å². The van der Waals surface area contributed by atoms with Crippen molar-refractivity contribution in [1.82, 2.24) is 14.8 Å². The molecule has 7 heteroatoms. The van der Waals surface area contributed by atoms with E-state index in [-0.39, 0.29) is 5.91 Å². The molecule has 4 rings (SSSR count). The van der Waals surface area contributed by atoms with Crippen LogP contribution < -0.4 is 10.1 Å². The fourth-order valence-electron chi connectivity index (χ4n) is 3.35. The molecule has 0 fully saturated rings. The molecule has 128 valence electrons. The summed E-state index contributed by atoms with van der Waals surface area (Å²) in [5.41, 5.74) is 1.83. The Morgan fingerprint density at radius 3 is 3.04 bits per heavy atom. The lowest BCUT2D eigenvalue weighted by atomic mass is 9.73. The van der Waals surface area contributed by atoms with E-state index < -0.39 is 0 Å². The van der Waals surface area contributed by atoms with Gasteiger partial charge in [-0.15, -0.1) is 11.3 Å². The molecule has 1 aliphatic carbocycles. The van der Waals surface area contributed by atoms with Gasteiger partial charge in [-0.05, 0) is 30.6 Å². The molecule has 1 atom stereocenters. The van der Waals surface area contributed by atoms with Crippen molar-refractivity contribution in [3.05, 3.63) is 22.3 Å². The third-order valence-corrected chi connectivity index (χ3v) is 5.95. The zero-order valence-corrected chi connectivity index (χ0v) is 15.1. The Kier molecular flexibility index (Phi) is 3.63. The third-order valence-electron chi connectivity index (χ3n) is 4.91. The minimum Gasteiger partial charge on any atom is -0.476 e. The summed E-state index contributed by atoms with van der Waals surface area (Å²) in [6.07, 6.45) is 3.22. The molecule has 1 amide bonds. The number of thiazole rings is 1. The summed E-state index contributed by atoms with van der Waals surface area (Å²) in [4.78, 5) is 18.3. The van der Waals surface area contributed by atoms with Gasteiger partial charge in [0, 0.05) is 10.9 Å². The summed E-state index contributed by atoms with van der Waals surface area (Å²) < 4.78 is 7.11. The number of anilines is 1. The fraction of sp³-hybridized carbons (Fsp3) is 0.588. The zero-order chi connectivity index (χ0) is 16.9. The van der Waals surface area contributed by atoms with Crippen LogP contribution in [0.3, 0.4) is 0 Å². The molecule has 0 saturated heterocycles. The summed E-state index contributed by atoms with van der Waals surface area (Å²) in [6.45, 7) is 8.21. The molecule has 0 bridgehead atoms. The van der Waals surface area contributed by atoms with Gasteiger partial charge in [-0.2, -0.15) is 5.10 Å². The topological polar surface area (TPSA) is 69.0 Å². The van der Waals surface area contributed by atoms with Gasteiger partial charge in [0.15, 0.2) is 10.8 Å². The second kappa shape index (κ2) is 5.58. The first-order valence-electron chi connectivity index (χ1n) is 8.41. The van der Waals surface area contributed by atoms with Crippen LogP contribution in [0, 0.1) is 11.3 Å². The third kappa shape index (κ3) is 2.81. The second-order valence-electron chi connectivity index (χ2n) is 7.59. The number of rotatable bonds is 2. The number of aryl methyl sites for hydroxylation is 1. The number of aromatic nitrogens is 3. The summed E-state index contributed by atoms with van der Waals surface area (Å²) in [7, 11) is 0. The van der Waals surface area contributed by atoms with Crippen LogP contribution in [0.25, 0.3) is 0 Å². The quantitative estimate of drug-likeness (QED) is 0.907. The Morgan fingerprint density at radius 2 is 2.29 bits per heavy atom. The predicted molar refractivity (Wildman–Crippen MR) is 92.8 cm³/mol. The highest BCUT2D eigenvalue weighted by molar-refractivity contribution is 7.15. The first-order valence-corrected chi connectivity index (χ1v) is 9.22. The zero-order valence-electron chi connectivity index (χ0n) is 14.3. The maximum atomic E-state index is 12.4. The SMILES string of the molecule is CC(C)(C)C1CCc2nc(NC(=O)c3cc4n(n3)CCO4)sc2C1. The van der Waals surface area contributed by atoms with E-state index in [4.69, 9.17) is 4.74 Å². The van der Waals surface area contributed by atoms with E-state index in [1.54, 1.807) is 22.1 Å². The van der Waals surface area contributed by atoms with Gasteiger partial charge in [-0.3, -0.25) is 10.1 Å². The van der Waals surface area contributed by atoms with Crippen LogP contribution in [0.1, 0.15) is 48.3 Å². The molecule has 6 nitrogen and oxygen atoms in total. The molecule has 0 aromatic carbocycles. The summed E-state index contributed by atoms with van der Waals surface area (Å²) in [6, 6.07) is 1.69. The molecule has 2 aromatic heterocycles. The van der Waals surface area contributed by atoms with E-state index in [0.29, 0.717) is 41.2 Å². The molecule has 1 aliphatic heterocycles. The van der Waals surface area contributed by atoms with Crippen molar-refractivity contribution >= 4 is 22.4 Å². The van der Waals surface area contributed by atoms with Crippen molar-refractivity contribution in [2.75, 3.05) is 11.9 Å². The van der Waals surface area contributed by atoms with E-state index in [1.165, 1.54) is 11.3 Å². The second-order valence-corrected chi connectivity index (χ2v) is 8.67. The number of ether oxygens (including phenoxy) is 1. The van der Waals surface area contributed by atoms with Crippen molar-refractivity contribution in [1.29, 1.82) is 0 Å². The molecule has 2 aromatic rings.